The van der Waals surface area contributed by atoms with Gasteiger partial charge in [0.05, 0.1) is 7.11 Å². The molecule has 0 unspecified atom stereocenters. The number of alkyl halides is 1. The van der Waals surface area contributed by atoms with E-state index in [0.717, 1.165) is 0 Å². The van der Waals surface area contributed by atoms with Crippen LogP contribution in [-0.4, -0.2) is 18.1 Å². The van der Waals surface area contributed by atoms with Crippen LogP contribution in [0.4, 0.5) is 0 Å². The van der Waals surface area contributed by atoms with E-state index in [1.54, 1.807) is 0 Å². The molecule has 0 spiro atoms. The average Bonchev–Trinajstić information content (AvgIpc) is 2.27. The summed E-state index contributed by atoms with van der Waals surface area (Å²) in [6, 6.07) is 4.87. The maximum absolute atomic E-state index is 11.1. The predicted molar refractivity (Wildman–Crippen MR) is 49.8 cm³/mol. The molecule has 0 fully saturated rings. The van der Waals surface area contributed by atoms with Gasteiger partial charge in [0.1, 0.15) is 17.5 Å². The Morgan fingerprint density at radius 2 is 2.43 bits per heavy atom. The van der Waals surface area contributed by atoms with Crippen LogP contribution in [0.1, 0.15) is 21.7 Å². The second kappa shape index (κ2) is 4.58. The van der Waals surface area contributed by atoms with Gasteiger partial charge in [-0.25, -0.2) is 9.78 Å². The standard InChI is InChI=1S/C9H7ClN2O2/c1-14-9(13)8-3-6(4-10)2-7(5-11)12-8/h2-3H,4H2,1H3. The Hall–Kier alpha value is -1.60. The zero-order valence-corrected chi connectivity index (χ0v) is 8.21. The van der Waals surface area contributed by atoms with Gasteiger partial charge in [0.25, 0.3) is 0 Å². The van der Waals surface area contributed by atoms with E-state index in [9.17, 15) is 4.79 Å². The minimum Gasteiger partial charge on any atom is -0.464 e. The molecule has 0 atom stereocenters. The summed E-state index contributed by atoms with van der Waals surface area (Å²) in [5.74, 6) is -0.352. The second-order valence-electron chi connectivity index (χ2n) is 2.48. The van der Waals surface area contributed by atoms with Gasteiger partial charge in [-0.1, -0.05) is 0 Å². The number of nitrogens with zero attached hydrogens (tertiary/aromatic N) is 2. The van der Waals surface area contributed by atoms with Crippen LogP contribution in [0.15, 0.2) is 12.1 Å². The maximum atomic E-state index is 11.1. The molecule has 14 heavy (non-hydrogen) atoms. The van der Waals surface area contributed by atoms with Crippen LogP contribution >= 0.6 is 11.6 Å². The SMILES string of the molecule is COC(=O)c1cc(CCl)cc(C#N)n1. The van der Waals surface area contributed by atoms with Crippen molar-refractivity contribution in [1.82, 2.24) is 4.98 Å². The molecule has 4 nitrogen and oxygen atoms in total. The zero-order valence-electron chi connectivity index (χ0n) is 7.45. The molecular weight excluding hydrogens is 204 g/mol. The number of rotatable bonds is 2. The molecule has 0 aromatic carbocycles. The minimum atomic E-state index is -0.575. The molecule has 72 valence electrons. The molecule has 0 radical (unpaired) electrons. The van der Waals surface area contributed by atoms with E-state index in [-0.39, 0.29) is 17.3 Å². The van der Waals surface area contributed by atoms with Crippen molar-refractivity contribution in [2.75, 3.05) is 7.11 Å². The molecule has 0 saturated heterocycles. The van der Waals surface area contributed by atoms with E-state index in [2.05, 4.69) is 9.72 Å². The lowest BCUT2D eigenvalue weighted by atomic mass is 10.2. The molecule has 5 heteroatoms. The van der Waals surface area contributed by atoms with Gasteiger partial charge in [0.15, 0.2) is 0 Å². The zero-order chi connectivity index (χ0) is 10.6. The van der Waals surface area contributed by atoms with Crippen molar-refractivity contribution in [3.05, 3.63) is 29.1 Å². The lowest BCUT2D eigenvalue weighted by Gasteiger charge is -2.01. The Morgan fingerprint density at radius 3 is 2.93 bits per heavy atom. The largest absolute Gasteiger partial charge is 0.464 e. The number of methoxy groups -OCH3 is 1. The van der Waals surface area contributed by atoms with E-state index >= 15 is 0 Å². The fourth-order valence-corrected chi connectivity index (χ4v) is 1.09. The lowest BCUT2D eigenvalue weighted by molar-refractivity contribution is 0.0594. The van der Waals surface area contributed by atoms with Crippen molar-refractivity contribution < 1.29 is 9.53 Å². The van der Waals surface area contributed by atoms with Crippen molar-refractivity contribution in [2.24, 2.45) is 0 Å². The maximum Gasteiger partial charge on any atom is 0.356 e. The molecule has 0 aliphatic heterocycles. The number of hydrogen-bond acceptors (Lipinski definition) is 4. The first-order chi connectivity index (χ1) is 6.71. The number of carbonyl (C=O) groups is 1. The number of nitriles is 1. The summed E-state index contributed by atoms with van der Waals surface area (Å²) in [6.07, 6.45) is 0. The molecule has 0 N–H and O–H groups in total. The first kappa shape index (κ1) is 10.5. The summed E-state index contributed by atoms with van der Waals surface area (Å²) in [5.41, 5.74) is 0.921. The minimum absolute atomic E-state index is 0.0993. The van der Waals surface area contributed by atoms with E-state index in [1.165, 1.54) is 19.2 Å². The summed E-state index contributed by atoms with van der Waals surface area (Å²) in [7, 11) is 1.25. The van der Waals surface area contributed by atoms with Gasteiger partial charge >= 0.3 is 5.97 Å². The molecule has 0 aliphatic rings. The predicted octanol–water partition coefficient (Wildman–Crippen LogP) is 1.48. The number of esters is 1. The van der Waals surface area contributed by atoms with Crippen LogP contribution in [0.5, 0.6) is 0 Å². The Labute approximate surface area is 86.1 Å². The molecular formula is C9H7ClN2O2. The van der Waals surface area contributed by atoms with Gasteiger partial charge in [-0.05, 0) is 17.7 Å². The third kappa shape index (κ3) is 2.21. The van der Waals surface area contributed by atoms with Crippen LogP contribution in [0, 0.1) is 11.3 Å². The number of halogens is 1. The first-order valence-electron chi connectivity index (χ1n) is 3.76. The molecule has 1 heterocycles. The van der Waals surface area contributed by atoms with Crippen molar-refractivity contribution in [3.8, 4) is 6.07 Å². The van der Waals surface area contributed by atoms with Crippen LogP contribution in [0.25, 0.3) is 0 Å². The highest BCUT2D eigenvalue weighted by Gasteiger charge is 2.09. The summed E-state index contributed by atoms with van der Waals surface area (Å²) in [4.78, 5) is 14.9. The highest BCUT2D eigenvalue weighted by molar-refractivity contribution is 6.17. The van der Waals surface area contributed by atoms with Crippen LogP contribution in [0.2, 0.25) is 0 Å². The number of pyridine rings is 1. The molecule has 0 saturated carbocycles. The topological polar surface area (TPSA) is 63.0 Å². The highest BCUT2D eigenvalue weighted by atomic mass is 35.5. The van der Waals surface area contributed by atoms with Crippen LogP contribution in [-0.2, 0) is 10.6 Å². The van der Waals surface area contributed by atoms with E-state index in [4.69, 9.17) is 16.9 Å². The summed E-state index contributed by atoms with van der Waals surface area (Å²) in [6.45, 7) is 0. The molecule has 0 amide bonds. The van der Waals surface area contributed by atoms with E-state index in [0.29, 0.717) is 5.56 Å². The third-order valence-corrected chi connectivity index (χ3v) is 1.86. The molecule has 1 rings (SSSR count). The second-order valence-corrected chi connectivity index (χ2v) is 2.75. The fourth-order valence-electron chi connectivity index (χ4n) is 0.931. The monoisotopic (exact) mass is 210 g/mol. The van der Waals surface area contributed by atoms with Crippen molar-refractivity contribution in [1.29, 1.82) is 5.26 Å². The van der Waals surface area contributed by atoms with Gasteiger partial charge < -0.3 is 4.74 Å². The van der Waals surface area contributed by atoms with Gasteiger partial charge in [0, 0.05) is 5.88 Å². The summed E-state index contributed by atoms with van der Waals surface area (Å²) >= 11 is 5.59. The molecule has 0 bridgehead atoms. The van der Waals surface area contributed by atoms with Crippen LogP contribution < -0.4 is 0 Å². The number of aromatic nitrogens is 1. The number of ether oxygens (including phenoxy) is 1. The Bertz CT molecular complexity index is 398. The van der Waals surface area contributed by atoms with Crippen molar-refractivity contribution in [3.63, 3.8) is 0 Å². The highest BCUT2D eigenvalue weighted by Crippen LogP contribution is 2.09. The Kier molecular flexibility index (Phi) is 3.43. The quantitative estimate of drug-likeness (QED) is 0.548. The summed E-state index contributed by atoms with van der Waals surface area (Å²) in [5, 5.41) is 8.63. The molecule has 1 aromatic rings. The van der Waals surface area contributed by atoms with Crippen molar-refractivity contribution >= 4 is 17.6 Å². The van der Waals surface area contributed by atoms with Gasteiger partial charge in [-0.3, -0.25) is 0 Å². The first-order valence-corrected chi connectivity index (χ1v) is 4.30. The van der Waals surface area contributed by atoms with Gasteiger partial charge in [-0.2, -0.15) is 5.26 Å². The van der Waals surface area contributed by atoms with Gasteiger partial charge in [0.2, 0.25) is 0 Å². The number of carbonyl (C=O) groups excluding carboxylic acids is 1. The third-order valence-electron chi connectivity index (χ3n) is 1.55. The Morgan fingerprint density at radius 1 is 1.71 bits per heavy atom. The average molecular weight is 211 g/mol. The normalized spacial score (nSPS) is 9.21. The fraction of sp³-hybridized carbons (Fsp3) is 0.222. The van der Waals surface area contributed by atoms with E-state index in [1.807, 2.05) is 6.07 Å². The van der Waals surface area contributed by atoms with E-state index < -0.39 is 5.97 Å². The smallest absolute Gasteiger partial charge is 0.356 e. The van der Waals surface area contributed by atoms with Crippen molar-refractivity contribution in [2.45, 2.75) is 5.88 Å². The lowest BCUT2D eigenvalue weighted by Crippen LogP contribution is -2.06. The van der Waals surface area contributed by atoms with Gasteiger partial charge in [-0.15, -0.1) is 11.6 Å². The molecule has 0 aliphatic carbocycles. The van der Waals surface area contributed by atoms with Crippen LogP contribution in [0.3, 0.4) is 0 Å². The number of hydrogen-bond donors (Lipinski definition) is 0. The molecule has 1 aromatic heterocycles. The Balaban J connectivity index is 3.19. The summed E-state index contributed by atoms with van der Waals surface area (Å²) < 4.78 is 4.48.